The summed E-state index contributed by atoms with van der Waals surface area (Å²) in [6, 6.07) is 0. The molecule has 0 aromatic carbocycles. The van der Waals surface area contributed by atoms with E-state index in [1.54, 1.807) is 0 Å². The molecule has 0 radical (unpaired) electrons. The summed E-state index contributed by atoms with van der Waals surface area (Å²) in [7, 11) is 0. The molecule has 15 heteroatoms. The van der Waals surface area contributed by atoms with Crippen LogP contribution in [0.1, 0.15) is 12.8 Å². The van der Waals surface area contributed by atoms with Crippen molar-refractivity contribution in [1.82, 2.24) is 0 Å². The summed E-state index contributed by atoms with van der Waals surface area (Å²) >= 11 is 0. The van der Waals surface area contributed by atoms with Crippen LogP contribution in [0, 0.1) is 0 Å². The maximum atomic E-state index is 12.9. The number of carbonyl (C=O) groups excluding carboxylic acids is 1. The van der Waals surface area contributed by atoms with E-state index in [0.717, 1.165) is 0 Å². The second kappa shape index (κ2) is 7.59. The van der Waals surface area contributed by atoms with Crippen LogP contribution in [0.2, 0.25) is 0 Å². The number of aliphatic hydroxyl groups is 2. The molecule has 0 unspecified atom stereocenters. The number of hydrogen-bond donors (Lipinski definition) is 2. The number of rotatable bonds is 4. The third kappa shape index (κ3) is 4.82. The van der Waals surface area contributed by atoms with Crippen LogP contribution in [0.5, 0.6) is 0 Å². The van der Waals surface area contributed by atoms with E-state index in [9.17, 15) is 67.7 Å². The van der Waals surface area contributed by atoms with E-state index in [1.165, 1.54) is 0 Å². The average Bonchev–Trinajstić information content (AvgIpc) is 2.50. The molecule has 0 spiro atoms. The van der Waals surface area contributed by atoms with Gasteiger partial charge in [0.05, 0.1) is 0 Å². The zero-order valence-electron chi connectivity index (χ0n) is 14.1. The lowest BCUT2D eigenvalue weighted by Crippen LogP contribution is -2.59. The van der Waals surface area contributed by atoms with Crippen LogP contribution < -0.4 is 0 Å². The fourth-order valence-corrected chi connectivity index (χ4v) is 2.30. The van der Waals surface area contributed by atoms with Crippen LogP contribution in [0.25, 0.3) is 0 Å². The third-order valence-electron chi connectivity index (χ3n) is 4.08. The molecular weight excluding hydrogens is 456 g/mol. The molecule has 172 valence electrons. The largest absolute Gasteiger partial charge is 0.426 e. The van der Waals surface area contributed by atoms with Gasteiger partial charge >= 0.3 is 24.7 Å². The molecule has 30 heavy (non-hydrogen) atoms. The molecule has 0 saturated heterocycles. The van der Waals surface area contributed by atoms with Crippen molar-refractivity contribution < 1.29 is 67.7 Å². The maximum absolute atomic E-state index is 12.9. The van der Waals surface area contributed by atoms with Gasteiger partial charge in [0, 0.05) is 12.8 Å². The molecule has 0 heterocycles. The molecular formula is C15H10F12O3. The Balaban J connectivity index is 3.73. The highest BCUT2D eigenvalue weighted by Crippen LogP contribution is 2.51. The molecule has 1 aliphatic carbocycles. The second-order valence-electron chi connectivity index (χ2n) is 6.19. The van der Waals surface area contributed by atoms with Gasteiger partial charge in [-0.05, 0) is 17.7 Å². The number of carbonyl (C=O) groups is 1. The molecule has 1 aliphatic rings. The van der Waals surface area contributed by atoms with E-state index in [-0.39, 0.29) is 0 Å². The molecule has 0 aromatic heterocycles. The van der Waals surface area contributed by atoms with Crippen molar-refractivity contribution in [1.29, 1.82) is 0 Å². The Morgan fingerprint density at radius 2 is 0.867 bits per heavy atom. The normalized spacial score (nSPS) is 17.0. The van der Waals surface area contributed by atoms with E-state index in [2.05, 4.69) is 0 Å². The van der Waals surface area contributed by atoms with E-state index in [0.29, 0.717) is 24.3 Å². The van der Waals surface area contributed by atoms with Gasteiger partial charge in [-0.2, -0.15) is 52.7 Å². The third-order valence-corrected chi connectivity index (χ3v) is 4.08. The predicted molar refractivity (Wildman–Crippen MR) is 73.7 cm³/mol. The summed E-state index contributed by atoms with van der Waals surface area (Å²) in [6.07, 6.45) is -30.3. The summed E-state index contributed by atoms with van der Waals surface area (Å²) in [5.41, 5.74) is -14.5. The fraction of sp³-hybridized carbons (Fsp3) is 0.533. The highest BCUT2D eigenvalue weighted by atomic mass is 19.4. The van der Waals surface area contributed by atoms with Crippen molar-refractivity contribution in [3.05, 3.63) is 35.5 Å². The summed E-state index contributed by atoms with van der Waals surface area (Å²) in [5.74, 6) is -0.929. The van der Waals surface area contributed by atoms with Gasteiger partial charge in [-0.3, -0.25) is 4.79 Å². The Morgan fingerprint density at radius 3 is 1.10 bits per heavy atom. The van der Waals surface area contributed by atoms with Gasteiger partial charge in [0.25, 0.3) is 11.2 Å². The quantitative estimate of drug-likeness (QED) is 0.602. The van der Waals surface area contributed by atoms with E-state index >= 15 is 0 Å². The molecule has 2 N–H and O–H groups in total. The van der Waals surface area contributed by atoms with Gasteiger partial charge in [0.15, 0.2) is 5.78 Å². The molecule has 0 amide bonds. The first kappa shape index (κ1) is 26.0. The fourth-order valence-electron chi connectivity index (χ4n) is 2.30. The number of halogens is 12. The predicted octanol–water partition coefficient (Wildman–Crippen LogP) is 4.47. The molecule has 0 aromatic rings. The van der Waals surface area contributed by atoms with Crippen molar-refractivity contribution >= 4 is 5.78 Å². The monoisotopic (exact) mass is 466 g/mol. The highest BCUT2D eigenvalue weighted by Gasteiger charge is 2.73. The topological polar surface area (TPSA) is 57.5 Å². The lowest BCUT2D eigenvalue weighted by Gasteiger charge is -2.37. The van der Waals surface area contributed by atoms with Gasteiger partial charge in [-0.15, -0.1) is 0 Å². The standard InChI is InChI=1S/C15H10F12O3/c16-12(17,18)10(29,13(19,20)21)5-8(7-1-3-9(28)4-2-7)6-11(30,14(22,23)24)15(25,26)27/h1-4,29-30H,5-6H2. The van der Waals surface area contributed by atoms with E-state index < -0.39 is 65.7 Å². The summed E-state index contributed by atoms with van der Waals surface area (Å²) in [6.45, 7) is 0. The SMILES string of the molecule is O=C1C=CC(=C(CC(O)(C(F)(F)F)C(F)(F)F)CC(O)(C(F)(F)F)C(F)(F)F)C=C1. The van der Waals surface area contributed by atoms with E-state index in [1.807, 2.05) is 0 Å². The zero-order chi connectivity index (χ0) is 24.0. The number of alkyl halides is 12. The van der Waals surface area contributed by atoms with Gasteiger partial charge in [-0.1, -0.05) is 17.7 Å². The van der Waals surface area contributed by atoms with Crippen LogP contribution in [-0.2, 0) is 4.79 Å². The van der Waals surface area contributed by atoms with Crippen LogP contribution >= 0.6 is 0 Å². The maximum Gasteiger partial charge on any atom is 0.426 e. The molecule has 0 fully saturated rings. The summed E-state index contributed by atoms with van der Waals surface area (Å²) in [5, 5.41) is 18.4. The molecule has 0 bridgehead atoms. The zero-order valence-corrected chi connectivity index (χ0v) is 14.1. The summed E-state index contributed by atoms with van der Waals surface area (Å²) in [4.78, 5) is 11.0. The van der Waals surface area contributed by atoms with Gasteiger partial charge in [0.2, 0.25) is 0 Å². The first-order valence-corrected chi connectivity index (χ1v) is 7.40. The first-order chi connectivity index (χ1) is 13.1. The Hall–Kier alpha value is -2.03. The van der Waals surface area contributed by atoms with Gasteiger partial charge in [-0.25, -0.2) is 0 Å². The molecule has 0 saturated carbocycles. The lowest BCUT2D eigenvalue weighted by molar-refractivity contribution is -0.373. The molecule has 0 aliphatic heterocycles. The Kier molecular flexibility index (Phi) is 6.58. The minimum atomic E-state index is -6.57. The van der Waals surface area contributed by atoms with Crippen LogP contribution in [0.4, 0.5) is 52.7 Å². The van der Waals surface area contributed by atoms with Crippen molar-refractivity contribution in [2.75, 3.05) is 0 Å². The van der Waals surface area contributed by atoms with Crippen LogP contribution in [0.3, 0.4) is 0 Å². The number of ketones is 1. The summed E-state index contributed by atoms with van der Waals surface area (Å²) < 4.78 is 155. The Bertz CT molecular complexity index is 674. The Morgan fingerprint density at radius 1 is 0.600 bits per heavy atom. The minimum absolute atomic E-state index is 0.359. The van der Waals surface area contributed by atoms with E-state index in [4.69, 9.17) is 0 Å². The Labute approximate surface area is 159 Å². The lowest BCUT2D eigenvalue weighted by atomic mass is 9.82. The highest BCUT2D eigenvalue weighted by molar-refractivity contribution is 6.01. The minimum Gasteiger partial charge on any atom is -0.373 e. The molecule has 1 rings (SSSR count). The first-order valence-electron chi connectivity index (χ1n) is 7.40. The molecule has 3 nitrogen and oxygen atoms in total. The van der Waals surface area contributed by atoms with Crippen molar-refractivity contribution in [2.24, 2.45) is 0 Å². The van der Waals surface area contributed by atoms with Gasteiger partial charge in [0.1, 0.15) is 0 Å². The smallest absolute Gasteiger partial charge is 0.373 e. The van der Waals surface area contributed by atoms with Crippen LogP contribution in [0.15, 0.2) is 35.5 Å². The number of hydrogen-bond acceptors (Lipinski definition) is 3. The van der Waals surface area contributed by atoms with Crippen molar-refractivity contribution in [3.63, 3.8) is 0 Å². The molecule has 0 atom stereocenters. The van der Waals surface area contributed by atoms with Crippen molar-refractivity contribution in [3.8, 4) is 0 Å². The van der Waals surface area contributed by atoms with Gasteiger partial charge < -0.3 is 10.2 Å². The average molecular weight is 466 g/mol. The van der Waals surface area contributed by atoms with Crippen molar-refractivity contribution in [2.45, 2.75) is 48.7 Å². The second-order valence-corrected chi connectivity index (χ2v) is 6.19. The number of allylic oxidation sites excluding steroid dienone is 5. The van der Waals surface area contributed by atoms with Crippen LogP contribution in [-0.4, -0.2) is 51.9 Å².